The summed E-state index contributed by atoms with van der Waals surface area (Å²) in [5, 5.41) is 3.17. The van der Waals surface area contributed by atoms with Crippen molar-refractivity contribution in [2.24, 2.45) is 5.92 Å². The Morgan fingerprint density at radius 1 is 1.00 bits per heavy atom. The van der Waals surface area contributed by atoms with E-state index in [1.54, 1.807) is 0 Å². The molecule has 2 amide bonds. The van der Waals surface area contributed by atoms with Crippen molar-refractivity contribution in [3.63, 3.8) is 0 Å². The average molecular weight is 665 g/mol. The lowest BCUT2D eigenvalue weighted by Gasteiger charge is -2.33. The van der Waals surface area contributed by atoms with Gasteiger partial charge in [0.25, 0.3) is 0 Å². The van der Waals surface area contributed by atoms with Gasteiger partial charge in [-0.25, -0.2) is 8.42 Å². The third-order valence-electron chi connectivity index (χ3n) is 6.32. The van der Waals surface area contributed by atoms with E-state index in [1.807, 2.05) is 68.4 Å². The highest BCUT2D eigenvalue weighted by Gasteiger charge is 2.33. The maximum Gasteiger partial charge on any atom is 0.244 e. The molecule has 41 heavy (non-hydrogen) atoms. The number of ether oxygens (including phenoxy) is 1. The van der Waals surface area contributed by atoms with E-state index in [0.29, 0.717) is 12.3 Å². The number of sulfonamides is 1. The van der Waals surface area contributed by atoms with Crippen LogP contribution >= 0.6 is 27.5 Å². The molecule has 0 fully saturated rings. The largest absolute Gasteiger partial charge is 0.495 e. The van der Waals surface area contributed by atoms with Gasteiger partial charge in [-0.1, -0.05) is 83.8 Å². The van der Waals surface area contributed by atoms with Crippen molar-refractivity contribution in [3.05, 3.63) is 93.4 Å². The van der Waals surface area contributed by atoms with Crippen LogP contribution in [-0.4, -0.2) is 57.6 Å². The molecule has 0 aliphatic heterocycles. The summed E-state index contributed by atoms with van der Waals surface area (Å²) in [6.07, 6.45) is 1.27. The fourth-order valence-electron chi connectivity index (χ4n) is 4.19. The molecule has 3 aromatic carbocycles. The fourth-order valence-corrected chi connectivity index (χ4v) is 5.54. The number of anilines is 1. The first-order chi connectivity index (χ1) is 19.4. The van der Waals surface area contributed by atoms with Gasteiger partial charge in [0.15, 0.2) is 0 Å². The molecule has 0 saturated carbocycles. The molecule has 0 aliphatic rings. The molecule has 0 unspecified atom stereocenters. The van der Waals surface area contributed by atoms with Crippen LogP contribution in [0.5, 0.6) is 5.75 Å². The minimum absolute atomic E-state index is 0.0969. The second-order valence-electron chi connectivity index (χ2n) is 10.1. The topological polar surface area (TPSA) is 96.0 Å². The fraction of sp³-hybridized carbons (Fsp3) is 0.333. The zero-order valence-electron chi connectivity index (χ0n) is 23.5. The smallest absolute Gasteiger partial charge is 0.244 e. The summed E-state index contributed by atoms with van der Waals surface area (Å²) < 4.78 is 32.9. The van der Waals surface area contributed by atoms with Crippen LogP contribution in [-0.2, 0) is 32.6 Å². The number of nitrogens with zero attached hydrogens (tertiary/aromatic N) is 2. The van der Waals surface area contributed by atoms with Crippen LogP contribution in [0.15, 0.2) is 77.3 Å². The number of rotatable bonds is 13. The molecule has 11 heteroatoms. The minimum atomic E-state index is -3.91. The van der Waals surface area contributed by atoms with Crippen LogP contribution in [0.4, 0.5) is 5.69 Å². The van der Waals surface area contributed by atoms with Crippen molar-refractivity contribution in [2.75, 3.05) is 30.8 Å². The number of nitrogens with one attached hydrogen (secondary N) is 1. The quantitative estimate of drug-likeness (QED) is 0.268. The van der Waals surface area contributed by atoms with Crippen molar-refractivity contribution in [1.82, 2.24) is 10.2 Å². The van der Waals surface area contributed by atoms with E-state index in [1.165, 1.54) is 30.2 Å². The van der Waals surface area contributed by atoms with Gasteiger partial charge in [-0.15, -0.1) is 0 Å². The van der Waals surface area contributed by atoms with E-state index in [0.717, 1.165) is 26.2 Å². The maximum absolute atomic E-state index is 14.1. The van der Waals surface area contributed by atoms with Crippen molar-refractivity contribution in [2.45, 2.75) is 32.9 Å². The number of hydrogen-bond donors (Lipinski definition) is 1. The Bertz CT molecular complexity index is 1440. The molecule has 0 heterocycles. The van der Waals surface area contributed by atoms with Gasteiger partial charge >= 0.3 is 0 Å². The molecule has 3 aromatic rings. The number of amides is 2. The van der Waals surface area contributed by atoms with E-state index in [4.69, 9.17) is 16.3 Å². The van der Waals surface area contributed by atoms with Crippen LogP contribution < -0.4 is 14.4 Å². The van der Waals surface area contributed by atoms with E-state index in [-0.39, 0.29) is 35.5 Å². The third-order valence-corrected chi connectivity index (χ3v) is 8.29. The Kier molecular flexibility index (Phi) is 11.6. The zero-order valence-corrected chi connectivity index (χ0v) is 26.7. The zero-order chi connectivity index (χ0) is 30.2. The Morgan fingerprint density at radius 2 is 1.66 bits per heavy atom. The summed E-state index contributed by atoms with van der Waals surface area (Å²) >= 11 is 9.72. The Hall–Kier alpha value is -3.08. The predicted octanol–water partition coefficient (Wildman–Crippen LogP) is 5.29. The summed E-state index contributed by atoms with van der Waals surface area (Å²) in [6.45, 7) is 3.98. The van der Waals surface area contributed by atoms with E-state index < -0.39 is 28.5 Å². The Morgan fingerprint density at radius 3 is 2.22 bits per heavy atom. The summed E-state index contributed by atoms with van der Waals surface area (Å²) in [4.78, 5) is 29.2. The van der Waals surface area contributed by atoms with Gasteiger partial charge in [0, 0.05) is 24.0 Å². The highest BCUT2D eigenvalue weighted by atomic mass is 79.9. The molecule has 0 saturated heterocycles. The number of carbonyl (C=O) groups is 2. The molecule has 0 aromatic heterocycles. The standard InChI is InChI=1S/C30H35BrClN3O5S/c1-21(2)18-33-30(37)27(16-22-8-6-5-7-9-22)34(19-23-10-12-24(31)13-11-23)29(36)20-35(41(4,38)39)25-14-15-28(40-3)26(32)17-25/h5-15,17,21,27H,16,18-20H2,1-4H3,(H,33,37)/t27-/m0/s1. The molecule has 1 N–H and O–H groups in total. The molecule has 1 atom stereocenters. The third kappa shape index (κ3) is 9.48. The van der Waals surface area contributed by atoms with Crippen LogP contribution in [0.2, 0.25) is 5.02 Å². The molecule has 0 spiro atoms. The van der Waals surface area contributed by atoms with E-state index >= 15 is 0 Å². The number of benzene rings is 3. The first-order valence-electron chi connectivity index (χ1n) is 13.1. The highest BCUT2D eigenvalue weighted by Crippen LogP contribution is 2.30. The molecule has 3 rings (SSSR count). The lowest BCUT2D eigenvalue weighted by Crippen LogP contribution is -2.53. The average Bonchev–Trinajstić information content (AvgIpc) is 2.93. The van der Waals surface area contributed by atoms with E-state index in [2.05, 4.69) is 21.2 Å². The molecule has 0 radical (unpaired) electrons. The van der Waals surface area contributed by atoms with Crippen molar-refractivity contribution < 1.29 is 22.7 Å². The Labute approximate surface area is 255 Å². The highest BCUT2D eigenvalue weighted by molar-refractivity contribution is 9.10. The second-order valence-corrected chi connectivity index (χ2v) is 13.3. The Balaban J connectivity index is 2.05. The van der Waals surface area contributed by atoms with Gasteiger partial charge in [-0.05, 0) is 47.4 Å². The van der Waals surface area contributed by atoms with Gasteiger partial charge in [0.2, 0.25) is 21.8 Å². The summed E-state index contributed by atoms with van der Waals surface area (Å²) in [5.74, 6) is -0.276. The summed E-state index contributed by atoms with van der Waals surface area (Å²) in [5.41, 5.74) is 1.86. The molecule has 0 bridgehead atoms. The molecule has 220 valence electrons. The van der Waals surface area contributed by atoms with Gasteiger partial charge in [0.1, 0.15) is 18.3 Å². The van der Waals surface area contributed by atoms with Gasteiger partial charge in [-0.2, -0.15) is 0 Å². The number of methoxy groups -OCH3 is 1. The summed E-state index contributed by atoms with van der Waals surface area (Å²) in [6, 6.07) is 20.4. The normalized spacial score (nSPS) is 12.1. The SMILES string of the molecule is COc1ccc(N(CC(=O)N(Cc2ccc(Br)cc2)[C@@H](Cc2ccccc2)C(=O)NCC(C)C)S(C)(=O)=O)cc1Cl. The lowest BCUT2D eigenvalue weighted by atomic mass is 10.0. The number of hydrogen-bond acceptors (Lipinski definition) is 5. The van der Waals surface area contributed by atoms with Crippen molar-refractivity contribution >= 4 is 55.1 Å². The number of halogens is 2. The summed E-state index contributed by atoms with van der Waals surface area (Å²) in [7, 11) is -2.45. The van der Waals surface area contributed by atoms with E-state index in [9.17, 15) is 18.0 Å². The van der Waals surface area contributed by atoms with Crippen molar-refractivity contribution in [1.29, 1.82) is 0 Å². The molecular weight excluding hydrogens is 630 g/mol. The first-order valence-corrected chi connectivity index (χ1v) is 16.1. The number of carbonyl (C=O) groups excluding carboxylic acids is 2. The van der Waals surface area contributed by atoms with Crippen LogP contribution in [0.3, 0.4) is 0 Å². The van der Waals surface area contributed by atoms with Crippen LogP contribution in [0.25, 0.3) is 0 Å². The molecular formula is C30H35BrClN3O5S. The van der Waals surface area contributed by atoms with Gasteiger partial charge in [-0.3, -0.25) is 13.9 Å². The van der Waals surface area contributed by atoms with Gasteiger partial charge < -0.3 is 15.0 Å². The van der Waals surface area contributed by atoms with Crippen molar-refractivity contribution in [3.8, 4) is 5.75 Å². The second kappa shape index (κ2) is 14.7. The van der Waals surface area contributed by atoms with Gasteiger partial charge in [0.05, 0.1) is 24.1 Å². The minimum Gasteiger partial charge on any atom is -0.495 e. The van der Waals surface area contributed by atoms with Crippen LogP contribution in [0, 0.1) is 5.92 Å². The maximum atomic E-state index is 14.1. The predicted molar refractivity (Wildman–Crippen MR) is 167 cm³/mol. The van der Waals surface area contributed by atoms with Crippen LogP contribution in [0.1, 0.15) is 25.0 Å². The lowest BCUT2D eigenvalue weighted by molar-refractivity contribution is -0.140. The molecule has 0 aliphatic carbocycles. The molecule has 8 nitrogen and oxygen atoms in total. The monoisotopic (exact) mass is 663 g/mol. The first kappa shape index (κ1) is 32.4.